The smallest absolute Gasteiger partial charge is 0.147 e. The van der Waals surface area contributed by atoms with Gasteiger partial charge in [-0.15, -0.1) is 11.3 Å². The van der Waals surface area contributed by atoms with E-state index in [0.29, 0.717) is 0 Å². The molecule has 2 aliphatic rings. The van der Waals surface area contributed by atoms with Gasteiger partial charge in [-0.1, -0.05) is 19.8 Å². The van der Waals surface area contributed by atoms with E-state index in [2.05, 4.69) is 22.1 Å². The second-order valence-electron chi connectivity index (χ2n) is 8.02. The zero-order chi connectivity index (χ0) is 19.6. The predicted molar refractivity (Wildman–Crippen MR) is 120 cm³/mol. The Labute approximate surface area is 175 Å². The molecule has 7 heteroatoms. The summed E-state index contributed by atoms with van der Waals surface area (Å²) in [7, 11) is 0. The summed E-state index contributed by atoms with van der Waals surface area (Å²) in [6, 6.07) is 0. The van der Waals surface area contributed by atoms with Crippen LogP contribution in [0.4, 0.5) is 11.6 Å². The van der Waals surface area contributed by atoms with Crippen LogP contribution in [0, 0.1) is 0 Å². The van der Waals surface area contributed by atoms with E-state index in [1.165, 1.54) is 54.4 Å². The first-order valence-corrected chi connectivity index (χ1v) is 11.8. The molecule has 5 rings (SSSR count). The van der Waals surface area contributed by atoms with Crippen LogP contribution in [0.1, 0.15) is 50.2 Å². The van der Waals surface area contributed by atoms with Gasteiger partial charge in [0.05, 0.1) is 23.4 Å². The van der Waals surface area contributed by atoms with E-state index in [1.807, 2.05) is 0 Å². The lowest BCUT2D eigenvalue weighted by atomic mass is 9.90. The highest BCUT2D eigenvalue weighted by Crippen LogP contribution is 2.42. The Morgan fingerprint density at radius 1 is 1.10 bits per heavy atom. The predicted octanol–water partition coefficient (Wildman–Crippen LogP) is 4.56. The fraction of sp³-hybridized carbons (Fsp3) is 0.591. The Morgan fingerprint density at radius 3 is 2.76 bits per heavy atom. The van der Waals surface area contributed by atoms with Crippen molar-refractivity contribution >= 4 is 43.4 Å². The number of aryl methyl sites for hydroxylation is 1. The Morgan fingerprint density at radius 2 is 1.93 bits per heavy atom. The molecule has 0 atom stereocenters. The van der Waals surface area contributed by atoms with Crippen LogP contribution in [0.15, 0.2) is 6.33 Å². The number of fused-ring (bicyclic) bond motifs is 5. The van der Waals surface area contributed by atoms with E-state index < -0.39 is 0 Å². The van der Waals surface area contributed by atoms with E-state index in [0.717, 1.165) is 66.6 Å². The Kier molecular flexibility index (Phi) is 5.50. The maximum Gasteiger partial charge on any atom is 0.147 e. The molecule has 6 nitrogen and oxygen atoms in total. The molecule has 0 saturated carbocycles. The Hall–Kier alpha value is -1.99. The molecule has 3 aromatic heterocycles. The molecule has 1 aliphatic heterocycles. The molecular formula is C22H29N5OS. The molecule has 1 aliphatic carbocycles. The van der Waals surface area contributed by atoms with Crippen LogP contribution in [0.5, 0.6) is 0 Å². The SMILES string of the molecule is CCCCCNc1ncnc2c1sc1nc(N3CCOCC3)c3c(c12)CCCC3. The van der Waals surface area contributed by atoms with Crippen molar-refractivity contribution < 1.29 is 4.74 Å². The molecule has 0 bridgehead atoms. The monoisotopic (exact) mass is 411 g/mol. The van der Waals surface area contributed by atoms with Gasteiger partial charge in [0.2, 0.25) is 0 Å². The fourth-order valence-corrected chi connectivity index (χ4v) is 5.70. The number of pyridine rings is 1. The topological polar surface area (TPSA) is 63.2 Å². The normalized spacial score (nSPS) is 17.1. The molecule has 1 saturated heterocycles. The van der Waals surface area contributed by atoms with Crippen LogP contribution < -0.4 is 10.2 Å². The summed E-state index contributed by atoms with van der Waals surface area (Å²) >= 11 is 1.75. The third kappa shape index (κ3) is 3.55. The maximum absolute atomic E-state index is 5.58. The van der Waals surface area contributed by atoms with Gasteiger partial charge in [0, 0.05) is 25.0 Å². The lowest BCUT2D eigenvalue weighted by Gasteiger charge is -2.31. The fourth-order valence-electron chi connectivity index (χ4n) is 4.58. The highest BCUT2D eigenvalue weighted by atomic mass is 32.1. The summed E-state index contributed by atoms with van der Waals surface area (Å²) in [5, 5.41) is 4.82. The molecule has 0 radical (unpaired) electrons. The largest absolute Gasteiger partial charge is 0.378 e. The quantitative estimate of drug-likeness (QED) is 0.600. The minimum atomic E-state index is 0.790. The van der Waals surface area contributed by atoms with Crippen LogP contribution in [-0.2, 0) is 17.6 Å². The number of nitrogens with one attached hydrogen (secondary N) is 1. The molecular weight excluding hydrogens is 382 g/mol. The molecule has 3 aromatic rings. The van der Waals surface area contributed by atoms with Crippen molar-refractivity contribution in [2.24, 2.45) is 0 Å². The molecule has 0 spiro atoms. The van der Waals surface area contributed by atoms with Gasteiger partial charge in [-0.05, 0) is 43.2 Å². The van der Waals surface area contributed by atoms with Gasteiger partial charge >= 0.3 is 0 Å². The number of ether oxygens (including phenoxy) is 1. The van der Waals surface area contributed by atoms with Gasteiger partial charge in [-0.2, -0.15) is 0 Å². The summed E-state index contributed by atoms with van der Waals surface area (Å²) in [6.07, 6.45) is 10.1. The highest BCUT2D eigenvalue weighted by molar-refractivity contribution is 7.26. The summed E-state index contributed by atoms with van der Waals surface area (Å²) in [4.78, 5) is 18.0. The lowest BCUT2D eigenvalue weighted by Crippen LogP contribution is -2.37. The lowest BCUT2D eigenvalue weighted by molar-refractivity contribution is 0.122. The number of hydrogen-bond acceptors (Lipinski definition) is 7. The molecule has 1 fully saturated rings. The minimum absolute atomic E-state index is 0.790. The first-order valence-electron chi connectivity index (χ1n) is 11.0. The number of rotatable bonds is 6. The second-order valence-corrected chi connectivity index (χ2v) is 9.01. The van der Waals surface area contributed by atoms with Crippen molar-refractivity contribution in [2.45, 2.75) is 51.9 Å². The van der Waals surface area contributed by atoms with Gasteiger partial charge < -0.3 is 15.0 Å². The van der Waals surface area contributed by atoms with Gasteiger partial charge in [-0.3, -0.25) is 0 Å². The first kappa shape index (κ1) is 19.0. The number of hydrogen-bond donors (Lipinski definition) is 1. The van der Waals surface area contributed by atoms with Gasteiger partial charge in [0.15, 0.2) is 0 Å². The summed E-state index contributed by atoms with van der Waals surface area (Å²) < 4.78 is 6.73. The number of unbranched alkanes of at least 4 members (excludes halogenated alkanes) is 2. The van der Waals surface area contributed by atoms with Crippen molar-refractivity contribution in [1.29, 1.82) is 0 Å². The number of thiophene rings is 1. The number of anilines is 2. The van der Waals surface area contributed by atoms with E-state index in [1.54, 1.807) is 17.7 Å². The summed E-state index contributed by atoms with van der Waals surface area (Å²) in [5.74, 6) is 2.15. The maximum atomic E-state index is 5.58. The third-order valence-electron chi connectivity index (χ3n) is 6.08. The standard InChI is InChI=1S/C22H29N5OS/c1-2-3-6-9-23-20-19-18(24-14-25-20)17-15-7-4-5-8-16(15)21(26-22(17)29-19)27-10-12-28-13-11-27/h14H,2-13H2,1H3,(H,23,24,25). The molecule has 0 aromatic carbocycles. The molecule has 4 heterocycles. The zero-order valence-electron chi connectivity index (χ0n) is 17.2. The van der Waals surface area contributed by atoms with E-state index in [4.69, 9.17) is 14.7 Å². The molecule has 29 heavy (non-hydrogen) atoms. The van der Waals surface area contributed by atoms with E-state index >= 15 is 0 Å². The first-order chi connectivity index (χ1) is 14.4. The van der Waals surface area contributed by atoms with Gasteiger partial charge in [0.25, 0.3) is 0 Å². The Balaban J connectivity index is 1.62. The molecule has 1 N–H and O–H groups in total. The summed E-state index contributed by atoms with van der Waals surface area (Å²) in [6.45, 7) is 6.63. The number of aromatic nitrogens is 3. The molecule has 0 amide bonds. The number of morpholine rings is 1. The van der Waals surface area contributed by atoms with Crippen LogP contribution >= 0.6 is 11.3 Å². The van der Waals surface area contributed by atoms with Crippen LogP contribution in [0.25, 0.3) is 20.4 Å². The van der Waals surface area contributed by atoms with E-state index in [-0.39, 0.29) is 0 Å². The van der Waals surface area contributed by atoms with Crippen LogP contribution in [0.2, 0.25) is 0 Å². The van der Waals surface area contributed by atoms with Crippen molar-refractivity contribution in [1.82, 2.24) is 15.0 Å². The van der Waals surface area contributed by atoms with E-state index in [9.17, 15) is 0 Å². The highest BCUT2D eigenvalue weighted by Gasteiger charge is 2.26. The summed E-state index contributed by atoms with van der Waals surface area (Å²) in [5.41, 5.74) is 4.00. The molecule has 0 unspecified atom stereocenters. The number of nitrogens with zero attached hydrogens (tertiary/aromatic N) is 4. The minimum Gasteiger partial charge on any atom is -0.378 e. The molecule has 154 valence electrons. The van der Waals surface area contributed by atoms with Crippen molar-refractivity contribution in [3.63, 3.8) is 0 Å². The average molecular weight is 412 g/mol. The Bertz CT molecular complexity index is 1010. The van der Waals surface area contributed by atoms with Crippen LogP contribution in [0.3, 0.4) is 0 Å². The van der Waals surface area contributed by atoms with Gasteiger partial charge in [-0.25, -0.2) is 15.0 Å². The van der Waals surface area contributed by atoms with Gasteiger partial charge in [0.1, 0.15) is 22.8 Å². The zero-order valence-corrected chi connectivity index (χ0v) is 18.0. The van der Waals surface area contributed by atoms with Crippen molar-refractivity contribution in [3.8, 4) is 0 Å². The average Bonchev–Trinajstić information content (AvgIpc) is 3.16. The van der Waals surface area contributed by atoms with Crippen LogP contribution in [-0.4, -0.2) is 47.8 Å². The second kappa shape index (κ2) is 8.40. The van der Waals surface area contributed by atoms with Crippen molar-refractivity contribution in [3.05, 3.63) is 17.5 Å². The third-order valence-corrected chi connectivity index (χ3v) is 7.16. The van der Waals surface area contributed by atoms with Crippen molar-refractivity contribution in [2.75, 3.05) is 43.1 Å².